The second kappa shape index (κ2) is 5.48. The van der Waals surface area contributed by atoms with E-state index in [-0.39, 0.29) is 5.91 Å². The Morgan fingerprint density at radius 1 is 1.45 bits per heavy atom. The summed E-state index contributed by atoms with van der Waals surface area (Å²) in [5.41, 5.74) is 3.26. The van der Waals surface area contributed by atoms with E-state index >= 15 is 0 Å². The highest BCUT2D eigenvalue weighted by Gasteiger charge is 2.16. The minimum absolute atomic E-state index is 0.220. The Bertz CT molecular complexity index is 624. The number of hydrogen-bond donors (Lipinski definition) is 2. The molecule has 0 spiro atoms. The van der Waals surface area contributed by atoms with Crippen LogP contribution in [0.25, 0.3) is 0 Å². The van der Waals surface area contributed by atoms with Crippen molar-refractivity contribution >= 4 is 11.7 Å². The van der Waals surface area contributed by atoms with Gasteiger partial charge < -0.3 is 5.32 Å². The first-order valence-corrected chi connectivity index (χ1v) is 6.74. The lowest BCUT2D eigenvalue weighted by Gasteiger charge is -2.04. The number of hydrogen-bond acceptors (Lipinski definition) is 3. The maximum absolute atomic E-state index is 12.2. The SMILES string of the molecule is Cc1nn(C)c(NC(=O)c2cc(CC(C)C)[nH]n2)c1C. The first-order chi connectivity index (χ1) is 9.38. The van der Waals surface area contributed by atoms with Crippen molar-refractivity contribution in [2.75, 3.05) is 5.32 Å². The lowest BCUT2D eigenvalue weighted by molar-refractivity contribution is 0.102. The van der Waals surface area contributed by atoms with Gasteiger partial charge in [0.05, 0.1) is 5.69 Å². The molecule has 0 radical (unpaired) electrons. The molecule has 2 heterocycles. The fourth-order valence-corrected chi connectivity index (χ4v) is 2.13. The highest BCUT2D eigenvalue weighted by Crippen LogP contribution is 2.18. The molecule has 0 fully saturated rings. The third kappa shape index (κ3) is 2.89. The molecule has 2 aromatic heterocycles. The molecule has 2 rings (SSSR count). The smallest absolute Gasteiger partial charge is 0.277 e. The molecule has 0 unspecified atom stereocenters. The Labute approximate surface area is 118 Å². The summed E-state index contributed by atoms with van der Waals surface area (Å²) in [4.78, 5) is 12.2. The first-order valence-electron chi connectivity index (χ1n) is 6.74. The Kier molecular flexibility index (Phi) is 3.92. The normalized spacial score (nSPS) is 11.1. The molecule has 0 atom stereocenters. The van der Waals surface area contributed by atoms with Gasteiger partial charge in [-0.25, -0.2) is 0 Å². The molecule has 0 aliphatic heterocycles. The van der Waals surface area contributed by atoms with Crippen molar-refractivity contribution in [1.82, 2.24) is 20.0 Å². The highest BCUT2D eigenvalue weighted by atomic mass is 16.2. The molecule has 6 nitrogen and oxygen atoms in total. The molecule has 108 valence electrons. The Hall–Kier alpha value is -2.11. The van der Waals surface area contributed by atoms with Crippen molar-refractivity contribution in [3.63, 3.8) is 0 Å². The van der Waals surface area contributed by atoms with Crippen LogP contribution in [-0.4, -0.2) is 25.9 Å². The van der Waals surface area contributed by atoms with Crippen LogP contribution in [0.5, 0.6) is 0 Å². The molecule has 2 aromatic rings. The number of aryl methyl sites for hydroxylation is 2. The summed E-state index contributed by atoms with van der Waals surface area (Å²) in [6, 6.07) is 1.80. The van der Waals surface area contributed by atoms with Crippen molar-refractivity contribution < 1.29 is 4.79 Å². The van der Waals surface area contributed by atoms with Crippen LogP contribution in [0.15, 0.2) is 6.07 Å². The number of aromatic amines is 1. The summed E-state index contributed by atoms with van der Waals surface area (Å²) in [5.74, 6) is 1.01. The summed E-state index contributed by atoms with van der Waals surface area (Å²) < 4.78 is 1.67. The van der Waals surface area contributed by atoms with Crippen LogP contribution in [-0.2, 0) is 13.5 Å². The number of anilines is 1. The molecule has 20 heavy (non-hydrogen) atoms. The molecule has 1 amide bonds. The number of amides is 1. The van der Waals surface area contributed by atoms with Gasteiger partial charge in [-0.3, -0.25) is 14.6 Å². The van der Waals surface area contributed by atoms with Crippen molar-refractivity contribution in [1.29, 1.82) is 0 Å². The van der Waals surface area contributed by atoms with E-state index in [9.17, 15) is 4.79 Å². The summed E-state index contributed by atoms with van der Waals surface area (Å²) in [5, 5.41) is 14.1. The van der Waals surface area contributed by atoms with E-state index in [1.807, 2.05) is 20.9 Å². The van der Waals surface area contributed by atoms with E-state index in [0.717, 1.165) is 23.4 Å². The summed E-state index contributed by atoms with van der Waals surface area (Å²) in [6.45, 7) is 8.11. The van der Waals surface area contributed by atoms with Crippen molar-refractivity contribution in [3.05, 3.63) is 28.7 Å². The maximum atomic E-state index is 12.2. The molecular formula is C14H21N5O. The maximum Gasteiger partial charge on any atom is 0.277 e. The number of H-pyrrole nitrogens is 1. The zero-order chi connectivity index (χ0) is 14.9. The van der Waals surface area contributed by atoms with Gasteiger partial charge in [0.25, 0.3) is 5.91 Å². The second-order valence-electron chi connectivity index (χ2n) is 5.51. The van der Waals surface area contributed by atoms with E-state index in [1.54, 1.807) is 10.7 Å². The van der Waals surface area contributed by atoms with Crippen LogP contribution in [0, 0.1) is 19.8 Å². The number of carbonyl (C=O) groups excluding carboxylic acids is 1. The minimum atomic E-state index is -0.220. The summed E-state index contributed by atoms with van der Waals surface area (Å²) in [7, 11) is 1.81. The van der Waals surface area contributed by atoms with Crippen LogP contribution < -0.4 is 5.32 Å². The third-order valence-corrected chi connectivity index (χ3v) is 3.25. The van der Waals surface area contributed by atoms with Crippen LogP contribution in [0.2, 0.25) is 0 Å². The number of aromatic nitrogens is 4. The number of carbonyl (C=O) groups is 1. The van der Waals surface area contributed by atoms with Crippen molar-refractivity contribution in [2.24, 2.45) is 13.0 Å². The van der Waals surface area contributed by atoms with Crippen LogP contribution in [0.4, 0.5) is 5.82 Å². The van der Waals surface area contributed by atoms with E-state index in [0.29, 0.717) is 17.4 Å². The van der Waals surface area contributed by atoms with Gasteiger partial charge in [-0.1, -0.05) is 13.8 Å². The first kappa shape index (κ1) is 14.3. The predicted molar refractivity (Wildman–Crippen MR) is 77.8 cm³/mol. The molecule has 0 aliphatic carbocycles. The van der Waals surface area contributed by atoms with Gasteiger partial charge >= 0.3 is 0 Å². The van der Waals surface area contributed by atoms with Gasteiger partial charge in [0.2, 0.25) is 0 Å². The predicted octanol–water partition coefficient (Wildman–Crippen LogP) is 2.21. The average Bonchev–Trinajstić information content (AvgIpc) is 2.89. The molecule has 0 saturated heterocycles. The van der Waals surface area contributed by atoms with Crippen molar-refractivity contribution in [3.8, 4) is 0 Å². The number of nitrogens with one attached hydrogen (secondary N) is 2. The fraction of sp³-hybridized carbons (Fsp3) is 0.500. The standard InChI is InChI=1S/C14H21N5O/c1-8(2)6-11-7-12(17-16-11)14(20)15-13-9(3)10(4)18-19(13)5/h7-8H,6H2,1-5H3,(H,15,20)(H,16,17). The third-order valence-electron chi connectivity index (χ3n) is 3.25. The molecule has 0 saturated carbocycles. The minimum Gasteiger partial charge on any atom is -0.305 e. The average molecular weight is 275 g/mol. The molecular weight excluding hydrogens is 254 g/mol. The molecule has 2 N–H and O–H groups in total. The van der Waals surface area contributed by atoms with Gasteiger partial charge in [-0.2, -0.15) is 10.2 Å². The Morgan fingerprint density at radius 3 is 2.70 bits per heavy atom. The summed E-state index contributed by atoms with van der Waals surface area (Å²) >= 11 is 0. The topological polar surface area (TPSA) is 75.6 Å². The summed E-state index contributed by atoms with van der Waals surface area (Å²) in [6.07, 6.45) is 0.879. The second-order valence-corrected chi connectivity index (χ2v) is 5.51. The number of nitrogens with zero attached hydrogens (tertiary/aromatic N) is 3. The van der Waals surface area contributed by atoms with Gasteiger partial charge in [0.1, 0.15) is 5.82 Å². The lowest BCUT2D eigenvalue weighted by Crippen LogP contribution is -2.15. The molecule has 0 aliphatic rings. The molecule has 0 aromatic carbocycles. The van der Waals surface area contributed by atoms with Crippen LogP contribution >= 0.6 is 0 Å². The number of rotatable bonds is 4. The van der Waals surface area contributed by atoms with Crippen LogP contribution in [0.1, 0.15) is 41.3 Å². The Balaban J connectivity index is 2.14. The van der Waals surface area contributed by atoms with E-state index in [4.69, 9.17) is 0 Å². The van der Waals surface area contributed by atoms with E-state index < -0.39 is 0 Å². The van der Waals surface area contributed by atoms with E-state index in [1.165, 1.54) is 0 Å². The zero-order valence-electron chi connectivity index (χ0n) is 12.6. The lowest BCUT2D eigenvalue weighted by atomic mass is 10.1. The highest BCUT2D eigenvalue weighted by molar-refractivity contribution is 6.02. The van der Waals surface area contributed by atoms with E-state index in [2.05, 4.69) is 34.5 Å². The zero-order valence-corrected chi connectivity index (χ0v) is 12.6. The Morgan fingerprint density at radius 2 is 2.15 bits per heavy atom. The fourth-order valence-electron chi connectivity index (χ4n) is 2.13. The largest absolute Gasteiger partial charge is 0.305 e. The molecule has 6 heteroatoms. The molecule has 0 bridgehead atoms. The van der Waals surface area contributed by atoms with Gasteiger partial charge in [-0.05, 0) is 32.3 Å². The van der Waals surface area contributed by atoms with Crippen LogP contribution in [0.3, 0.4) is 0 Å². The monoisotopic (exact) mass is 275 g/mol. The van der Waals surface area contributed by atoms with Gasteiger partial charge in [0.15, 0.2) is 5.69 Å². The van der Waals surface area contributed by atoms with Gasteiger partial charge in [-0.15, -0.1) is 0 Å². The van der Waals surface area contributed by atoms with Crippen molar-refractivity contribution in [2.45, 2.75) is 34.1 Å². The quantitative estimate of drug-likeness (QED) is 0.898. The van der Waals surface area contributed by atoms with Gasteiger partial charge in [0, 0.05) is 18.3 Å².